The van der Waals surface area contributed by atoms with Crippen molar-refractivity contribution in [1.29, 1.82) is 0 Å². The summed E-state index contributed by atoms with van der Waals surface area (Å²) in [5.74, 6) is -0.444. The van der Waals surface area contributed by atoms with Crippen LogP contribution in [0, 0.1) is 0 Å². The SMILES string of the molecule is C[C@H](OC(=O)NC(C)(C)C)C1Cc2c(Cl)cccc2C(=O)O1. The van der Waals surface area contributed by atoms with Crippen LogP contribution in [0.1, 0.15) is 43.6 Å². The standard InChI is InChI=1S/C16H20ClNO4/c1-9(21-15(20)18-16(2,3)4)13-8-11-10(14(19)22-13)6-5-7-12(11)17/h5-7,9,13H,8H2,1-4H3,(H,18,20)/t9-,13?/m0/s1. The van der Waals surface area contributed by atoms with Crippen molar-refractivity contribution in [3.8, 4) is 0 Å². The van der Waals surface area contributed by atoms with Crippen LogP contribution in [-0.2, 0) is 15.9 Å². The van der Waals surface area contributed by atoms with Gasteiger partial charge in [0.2, 0.25) is 0 Å². The zero-order valence-electron chi connectivity index (χ0n) is 13.1. The summed E-state index contributed by atoms with van der Waals surface area (Å²) in [6.45, 7) is 7.27. The van der Waals surface area contributed by atoms with E-state index in [4.69, 9.17) is 21.1 Å². The van der Waals surface area contributed by atoms with Crippen LogP contribution in [0.4, 0.5) is 4.79 Å². The summed E-state index contributed by atoms with van der Waals surface area (Å²) in [7, 11) is 0. The molecule has 0 aliphatic carbocycles. The summed E-state index contributed by atoms with van der Waals surface area (Å²) in [4.78, 5) is 23.8. The van der Waals surface area contributed by atoms with Crippen LogP contribution in [0.15, 0.2) is 18.2 Å². The Bertz CT molecular complexity index is 594. The van der Waals surface area contributed by atoms with E-state index < -0.39 is 29.8 Å². The van der Waals surface area contributed by atoms with Crippen LogP contribution in [0.25, 0.3) is 0 Å². The maximum absolute atomic E-state index is 12.0. The van der Waals surface area contributed by atoms with Crippen molar-refractivity contribution < 1.29 is 19.1 Å². The molecule has 1 aromatic carbocycles. The molecule has 0 saturated carbocycles. The van der Waals surface area contributed by atoms with Crippen LogP contribution in [-0.4, -0.2) is 29.8 Å². The number of fused-ring (bicyclic) bond motifs is 1. The molecule has 2 atom stereocenters. The number of benzene rings is 1. The van der Waals surface area contributed by atoms with Crippen LogP contribution in [0.5, 0.6) is 0 Å². The summed E-state index contributed by atoms with van der Waals surface area (Å²) < 4.78 is 10.7. The van der Waals surface area contributed by atoms with Crippen molar-refractivity contribution >= 4 is 23.7 Å². The molecule has 1 aromatic rings. The van der Waals surface area contributed by atoms with E-state index in [-0.39, 0.29) is 0 Å². The average molecular weight is 326 g/mol. The number of esters is 1. The minimum Gasteiger partial charge on any atom is -0.454 e. The van der Waals surface area contributed by atoms with Crippen molar-refractivity contribution in [2.24, 2.45) is 0 Å². The van der Waals surface area contributed by atoms with E-state index in [1.165, 1.54) is 0 Å². The fourth-order valence-corrected chi connectivity index (χ4v) is 2.50. The molecule has 1 aliphatic rings. The highest BCUT2D eigenvalue weighted by molar-refractivity contribution is 6.31. The molecule has 0 aromatic heterocycles. The van der Waals surface area contributed by atoms with Crippen LogP contribution >= 0.6 is 11.6 Å². The summed E-state index contributed by atoms with van der Waals surface area (Å²) >= 11 is 6.14. The molecule has 0 spiro atoms. The first-order chi connectivity index (χ1) is 10.2. The van der Waals surface area contributed by atoms with E-state index in [2.05, 4.69) is 5.32 Å². The Kier molecular flexibility index (Phi) is 4.66. The topological polar surface area (TPSA) is 64.6 Å². The summed E-state index contributed by atoms with van der Waals surface area (Å²) in [6.07, 6.45) is -1.24. The van der Waals surface area contributed by atoms with E-state index in [1.54, 1.807) is 25.1 Å². The zero-order chi connectivity index (χ0) is 16.5. The van der Waals surface area contributed by atoms with Gasteiger partial charge in [-0.15, -0.1) is 0 Å². The molecule has 0 bridgehead atoms. The second kappa shape index (κ2) is 6.16. The van der Waals surface area contributed by atoms with Gasteiger partial charge in [0.25, 0.3) is 0 Å². The van der Waals surface area contributed by atoms with Gasteiger partial charge in [-0.1, -0.05) is 17.7 Å². The van der Waals surface area contributed by atoms with Gasteiger partial charge in [-0.25, -0.2) is 9.59 Å². The van der Waals surface area contributed by atoms with Crippen molar-refractivity contribution in [3.05, 3.63) is 34.3 Å². The van der Waals surface area contributed by atoms with E-state index in [1.807, 2.05) is 20.8 Å². The van der Waals surface area contributed by atoms with Crippen molar-refractivity contribution in [2.45, 2.75) is 51.9 Å². The number of nitrogens with one attached hydrogen (secondary N) is 1. The van der Waals surface area contributed by atoms with Gasteiger partial charge in [0, 0.05) is 17.0 Å². The number of carbonyl (C=O) groups excluding carboxylic acids is 2. The molecule has 1 unspecified atom stereocenters. The van der Waals surface area contributed by atoms with Crippen LogP contribution in [0.3, 0.4) is 0 Å². The van der Waals surface area contributed by atoms with Gasteiger partial charge in [0.15, 0.2) is 0 Å². The van der Waals surface area contributed by atoms with Crippen molar-refractivity contribution in [3.63, 3.8) is 0 Å². The summed E-state index contributed by atoms with van der Waals surface area (Å²) in [6, 6.07) is 5.12. The third kappa shape index (κ3) is 3.91. The number of alkyl carbamates (subject to hydrolysis) is 1. The number of cyclic esters (lactones) is 1. The average Bonchev–Trinajstić information content (AvgIpc) is 2.37. The molecule has 120 valence electrons. The first kappa shape index (κ1) is 16.6. The molecule has 1 N–H and O–H groups in total. The van der Waals surface area contributed by atoms with E-state index in [0.29, 0.717) is 17.0 Å². The van der Waals surface area contributed by atoms with Crippen molar-refractivity contribution in [1.82, 2.24) is 5.32 Å². The lowest BCUT2D eigenvalue weighted by atomic mass is 9.96. The number of ether oxygens (including phenoxy) is 2. The Morgan fingerprint density at radius 3 is 2.77 bits per heavy atom. The molecule has 5 nitrogen and oxygen atoms in total. The first-order valence-electron chi connectivity index (χ1n) is 7.14. The molecule has 22 heavy (non-hydrogen) atoms. The number of hydrogen-bond donors (Lipinski definition) is 1. The fraction of sp³-hybridized carbons (Fsp3) is 0.500. The molecule has 2 rings (SSSR count). The van der Waals surface area contributed by atoms with Gasteiger partial charge in [0.1, 0.15) is 12.2 Å². The van der Waals surface area contributed by atoms with Gasteiger partial charge in [0.05, 0.1) is 5.56 Å². The molecule has 6 heteroatoms. The van der Waals surface area contributed by atoms with Gasteiger partial charge in [-0.2, -0.15) is 0 Å². The Hall–Kier alpha value is -1.75. The molecular weight excluding hydrogens is 306 g/mol. The minimum absolute atomic E-state index is 0.393. The van der Waals surface area contributed by atoms with Crippen LogP contribution in [0.2, 0.25) is 5.02 Å². The smallest absolute Gasteiger partial charge is 0.407 e. The summed E-state index contributed by atoms with van der Waals surface area (Å²) in [5, 5.41) is 3.22. The Balaban J connectivity index is 2.07. The third-order valence-electron chi connectivity index (χ3n) is 3.30. The molecule has 0 saturated heterocycles. The molecular formula is C16H20ClNO4. The van der Waals surface area contributed by atoms with Crippen molar-refractivity contribution in [2.75, 3.05) is 0 Å². The Morgan fingerprint density at radius 2 is 2.14 bits per heavy atom. The van der Waals surface area contributed by atoms with Gasteiger partial charge >= 0.3 is 12.1 Å². The van der Waals surface area contributed by atoms with Gasteiger partial charge < -0.3 is 14.8 Å². The second-order valence-electron chi connectivity index (χ2n) is 6.40. The minimum atomic E-state index is -0.573. The largest absolute Gasteiger partial charge is 0.454 e. The molecule has 0 fully saturated rings. The fourth-order valence-electron chi connectivity index (χ4n) is 2.24. The third-order valence-corrected chi connectivity index (χ3v) is 3.65. The second-order valence-corrected chi connectivity index (χ2v) is 6.81. The Morgan fingerprint density at radius 1 is 1.45 bits per heavy atom. The molecule has 0 radical (unpaired) electrons. The van der Waals surface area contributed by atoms with E-state index in [9.17, 15) is 9.59 Å². The van der Waals surface area contributed by atoms with E-state index in [0.717, 1.165) is 5.56 Å². The predicted molar refractivity (Wildman–Crippen MR) is 83.2 cm³/mol. The number of amides is 1. The number of carbonyl (C=O) groups is 2. The van der Waals surface area contributed by atoms with Crippen LogP contribution < -0.4 is 5.32 Å². The predicted octanol–water partition coefficient (Wildman–Crippen LogP) is 3.33. The highest BCUT2D eigenvalue weighted by atomic mass is 35.5. The highest BCUT2D eigenvalue weighted by Crippen LogP contribution is 2.29. The Labute approximate surface area is 134 Å². The maximum Gasteiger partial charge on any atom is 0.407 e. The van der Waals surface area contributed by atoms with E-state index >= 15 is 0 Å². The quantitative estimate of drug-likeness (QED) is 0.847. The lowest BCUT2D eigenvalue weighted by Crippen LogP contribution is -2.45. The number of hydrogen-bond acceptors (Lipinski definition) is 4. The maximum atomic E-state index is 12.0. The highest BCUT2D eigenvalue weighted by Gasteiger charge is 2.33. The monoisotopic (exact) mass is 325 g/mol. The van der Waals surface area contributed by atoms with Gasteiger partial charge in [-0.3, -0.25) is 0 Å². The normalized spacial score (nSPS) is 19.0. The molecule has 1 aliphatic heterocycles. The molecule has 1 heterocycles. The van der Waals surface area contributed by atoms with Gasteiger partial charge in [-0.05, 0) is 45.4 Å². The lowest BCUT2D eigenvalue weighted by molar-refractivity contribution is -0.0244. The first-order valence-corrected chi connectivity index (χ1v) is 7.52. The molecule has 1 amide bonds. The zero-order valence-corrected chi connectivity index (χ0v) is 13.9. The summed E-state index contributed by atoms with van der Waals surface area (Å²) in [5.41, 5.74) is 0.808. The number of halogens is 1. The lowest BCUT2D eigenvalue weighted by Gasteiger charge is -2.30. The number of rotatable bonds is 2.